The van der Waals surface area contributed by atoms with Crippen LogP contribution in [0.25, 0.3) is 0 Å². The van der Waals surface area contributed by atoms with E-state index in [1.807, 2.05) is 29.0 Å². The minimum atomic E-state index is -0.469. The lowest BCUT2D eigenvalue weighted by atomic mass is 10.3. The van der Waals surface area contributed by atoms with Crippen LogP contribution in [0.2, 0.25) is 0 Å². The second-order valence-corrected chi connectivity index (χ2v) is 5.36. The lowest BCUT2D eigenvalue weighted by Crippen LogP contribution is -2.02. The van der Waals surface area contributed by atoms with Gasteiger partial charge >= 0.3 is 0 Å². The first-order chi connectivity index (χ1) is 10.7. The number of nitrogens with zero attached hydrogens (tertiary/aromatic N) is 5. The Morgan fingerprint density at radius 3 is 2.73 bits per heavy atom. The average molecular weight is 313 g/mol. The van der Waals surface area contributed by atoms with Gasteiger partial charge in [-0.1, -0.05) is 6.07 Å². The summed E-state index contributed by atoms with van der Waals surface area (Å²) in [4.78, 5) is 22.8. The predicted molar refractivity (Wildman–Crippen MR) is 80.6 cm³/mol. The molecule has 0 N–H and O–H groups in total. The molecule has 3 aromatic heterocycles. The quantitative estimate of drug-likeness (QED) is 0.532. The standard InChI is InChI=1S/C14H11N5O2S/c20-19(21)12-4-5-13(17-9-12)22-14-16-7-8-18(14)10-11-3-1-2-6-15-11/h1-9H,10H2. The maximum absolute atomic E-state index is 10.6. The Balaban J connectivity index is 1.76. The Morgan fingerprint density at radius 1 is 1.14 bits per heavy atom. The molecule has 0 unspecified atom stereocenters. The second kappa shape index (κ2) is 6.35. The molecule has 22 heavy (non-hydrogen) atoms. The molecule has 0 atom stereocenters. The molecule has 0 bridgehead atoms. The third kappa shape index (κ3) is 3.29. The van der Waals surface area contributed by atoms with Crippen LogP contribution in [0.1, 0.15) is 5.69 Å². The molecule has 7 nitrogen and oxygen atoms in total. The molecule has 0 aliphatic heterocycles. The summed E-state index contributed by atoms with van der Waals surface area (Å²) in [5.41, 5.74) is 0.903. The first kappa shape index (κ1) is 14.2. The molecule has 0 aliphatic carbocycles. The van der Waals surface area contributed by atoms with Crippen LogP contribution in [0.15, 0.2) is 65.3 Å². The number of imidazole rings is 1. The van der Waals surface area contributed by atoms with Crippen molar-refractivity contribution in [2.45, 2.75) is 16.7 Å². The summed E-state index contributed by atoms with van der Waals surface area (Å²) < 4.78 is 1.95. The fourth-order valence-electron chi connectivity index (χ4n) is 1.82. The number of rotatable bonds is 5. The topological polar surface area (TPSA) is 86.7 Å². The van der Waals surface area contributed by atoms with Crippen molar-refractivity contribution in [1.29, 1.82) is 0 Å². The van der Waals surface area contributed by atoms with E-state index in [1.165, 1.54) is 24.0 Å². The van der Waals surface area contributed by atoms with E-state index in [1.54, 1.807) is 18.5 Å². The third-order valence-electron chi connectivity index (χ3n) is 2.86. The fourth-order valence-corrected chi connectivity index (χ4v) is 2.61. The smallest absolute Gasteiger partial charge is 0.287 e. The average Bonchev–Trinajstić information content (AvgIpc) is 2.96. The van der Waals surface area contributed by atoms with Crippen LogP contribution in [0.4, 0.5) is 5.69 Å². The molecule has 0 spiro atoms. The van der Waals surface area contributed by atoms with Crippen molar-refractivity contribution in [3.05, 3.63) is 70.9 Å². The number of aromatic nitrogens is 4. The van der Waals surface area contributed by atoms with Crippen molar-refractivity contribution in [3.8, 4) is 0 Å². The van der Waals surface area contributed by atoms with Gasteiger partial charge in [-0.05, 0) is 30.0 Å². The highest BCUT2D eigenvalue weighted by Crippen LogP contribution is 2.25. The minimum Gasteiger partial charge on any atom is -0.320 e. The molecule has 0 saturated heterocycles. The van der Waals surface area contributed by atoms with E-state index in [0.717, 1.165) is 10.9 Å². The highest BCUT2D eigenvalue weighted by Gasteiger charge is 2.10. The predicted octanol–water partition coefficient (Wildman–Crippen LogP) is 2.78. The van der Waals surface area contributed by atoms with Crippen LogP contribution >= 0.6 is 11.8 Å². The molecular formula is C14H11N5O2S. The van der Waals surface area contributed by atoms with Gasteiger partial charge in [-0.3, -0.25) is 15.1 Å². The van der Waals surface area contributed by atoms with Gasteiger partial charge in [0.05, 0.1) is 17.2 Å². The minimum absolute atomic E-state index is 0.0267. The molecule has 0 saturated carbocycles. The number of pyridine rings is 2. The van der Waals surface area contributed by atoms with Gasteiger partial charge in [0, 0.05) is 24.7 Å². The van der Waals surface area contributed by atoms with Gasteiger partial charge in [0.15, 0.2) is 5.16 Å². The molecule has 0 aliphatic rings. The highest BCUT2D eigenvalue weighted by atomic mass is 32.2. The van der Waals surface area contributed by atoms with E-state index in [9.17, 15) is 10.1 Å². The Kier molecular flexibility index (Phi) is 4.10. The highest BCUT2D eigenvalue weighted by molar-refractivity contribution is 7.99. The van der Waals surface area contributed by atoms with Crippen molar-refractivity contribution in [1.82, 2.24) is 19.5 Å². The van der Waals surface area contributed by atoms with E-state index in [0.29, 0.717) is 11.6 Å². The van der Waals surface area contributed by atoms with Crippen LogP contribution in [-0.2, 0) is 6.54 Å². The Morgan fingerprint density at radius 2 is 2.05 bits per heavy atom. The van der Waals surface area contributed by atoms with Crippen LogP contribution in [0.5, 0.6) is 0 Å². The molecule has 0 fully saturated rings. The molecule has 0 amide bonds. The zero-order valence-corrected chi connectivity index (χ0v) is 12.2. The summed E-state index contributed by atoms with van der Waals surface area (Å²) in [6, 6.07) is 8.79. The SMILES string of the molecule is O=[N+]([O-])c1ccc(Sc2nccn2Cc2ccccn2)nc1. The number of hydrogen-bond donors (Lipinski definition) is 0. The summed E-state index contributed by atoms with van der Waals surface area (Å²) in [7, 11) is 0. The molecule has 110 valence electrons. The van der Waals surface area contributed by atoms with Crippen molar-refractivity contribution in [3.63, 3.8) is 0 Å². The van der Waals surface area contributed by atoms with Gasteiger partial charge in [-0.2, -0.15) is 0 Å². The molecule has 0 aromatic carbocycles. The van der Waals surface area contributed by atoms with Crippen LogP contribution < -0.4 is 0 Å². The van der Waals surface area contributed by atoms with Crippen molar-refractivity contribution >= 4 is 17.4 Å². The van der Waals surface area contributed by atoms with Gasteiger partial charge in [-0.15, -0.1) is 0 Å². The molecule has 0 radical (unpaired) electrons. The van der Waals surface area contributed by atoms with Crippen molar-refractivity contribution < 1.29 is 4.92 Å². The largest absolute Gasteiger partial charge is 0.320 e. The van der Waals surface area contributed by atoms with Crippen LogP contribution in [0.3, 0.4) is 0 Å². The zero-order chi connectivity index (χ0) is 15.4. The molecular weight excluding hydrogens is 302 g/mol. The Labute approximate surface area is 130 Å². The fraction of sp³-hybridized carbons (Fsp3) is 0.0714. The molecule has 3 aromatic rings. The van der Waals surface area contributed by atoms with Gasteiger partial charge in [0.2, 0.25) is 0 Å². The lowest BCUT2D eigenvalue weighted by molar-refractivity contribution is -0.385. The summed E-state index contributed by atoms with van der Waals surface area (Å²) in [6.45, 7) is 0.607. The molecule has 8 heteroatoms. The number of hydrogen-bond acceptors (Lipinski definition) is 6. The number of nitro groups is 1. The molecule has 3 heterocycles. The monoisotopic (exact) mass is 313 g/mol. The van der Waals surface area contributed by atoms with Crippen LogP contribution in [-0.4, -0.2) is 24.4 Å². The summed E-state index contributed by atoms with van der Waals surface area (Å²) in [5.74, 6) is 0. The Bertz CT molecular complexity index is 773. The summed E-state index contributed by atoms with van der Waals surface area (Å²) >= 11 is 1.35. The van der Waals surface area contributed by atoms with E-state index in [-0.39, 0.29) is 5.69 Å². The van der Waals surface area contributed by atoms with Gasteiger partial charge in [-0.25, -0.2) is 9.97 Å². The summed E-state index contributed by atoms with van der Waals surface area (Å²) in [6.07, 6.45) is 6.56. The maximum atomic E-state index is 10.6. The van der Waals surface area contributed by atoms with E-state index >= 15 is 0 Å². The van der Waals surface area contributed by atoms with Gasteiger partial charge in [0.25, 0.3) is 5.69 Å². The molecule has 3 rings (SSSR count). The van der Waals surface area contributed by atoms with Gasteiger partial charge < -0.3 is 4.57 Å². The Hall–Kier alpha value is -2.74. The first-order valence-electron chi connectivity index (χ1n) is 6.42. The van der Waals surface area contributed by atoms with E-state index in [4.69, 9.17) is 0 Å². The normalized spacial score (nSPS) is 10.5. The lowest BCUT2D eigenvalue weighted by Gasteiger charge is -2.06. The summed E-state index contributed by atoms with van der Waals surface area (Å²) in [5, 5.41) is 12.0. The third-order valence-corrected chi connectivity index (χ3v) is 3.84. The van der Waals surface area contributed by atoms with Crippen molar-refractivity contribution in [2.24, 2.45) is 0 Å². The van der Waals surface area contributed by atoms with Crippen LogP contribution in [0, 0.1) is 10.1 Å². The second-order valence-electron chi connectivity index (χ2n) is 4.37. The van der Waals surface area contributed by atoms with Crippen molar-refractivity contribution in [2.75, 3.05) is 0 Å². The maximum Gasteiger partial charge on any atom is 0.287 e. The zero-order valence-electron chi connectivity index (χ0n) is 11.4. The van der Waals surface area contributed by atoms with Gasteiger partial charge in [0.1, 0.15) is 11.2 Å². The van der Waals surface area contributed by atoms with E-state index in [2.05, 4.69) is 15.0 Å². The first-order valence-corrected chi connectivity index (χ1v) is 7.23. The van der Waals surface area contributed by atoms with E-state index < -0.39 is 4.92 Å².